The van der Waals surface area contributed by atoms with E-state index in [2.05, 4.69) is 26.3 Å². The molecule has 1 saturated carbocycles. The monoisotopic (exact) mass is 464 g/mol. The quantitative estimate of drug-likeness (QED) is 0.440. The van der Waals surface area contributed by atoms with E-state index in [1.807, 2.05) is 6.07 Å². The number of rotatable bonds is 8. The molecule has 4 rings (SSSR count). The predicted octanol–water partition coefficient (Wildman–Crippen LogP) is 3.10. The Labute approximate surface area is 197 Å². The van der Waals surface area contributed by atoms with Gasteiger partial charge in [-0.15, -0.1) is 5.10 Å². The lowest BCUT2D eigenvalue weighted by Crippen LogP contribution is -2.32. The maximum Gasteiger partial charge on any atom is 0.338 e. The van der Waals surface area contributed by atoms with Crippen molar-refractivity contribution in [1.82, 2.24) is 25.6 Å². The standard InChI is InChI=1S/C24H28N6O4/c1-2-34-23(32)17-6-5-9-19(14-17)27-24(33)25-12-13-30-21-11-10-16(15-20(21)28-29-30)22(31)26-18-7-3-4-8-18/h5-6,9-11,14-15,18H,2-4,7-8,12-13H2,1H3,(H,26,31)(H2,25,27,33). The summed E-state index contributed by atoms with van der Waals surface area (Å²) in [4.78, 5) is 36.6. The first-order valence-corrected chi connectivity index (χ1v) is 11.5. The van der Waals surface area contributed by atoms with E-state index in [9.17, 15) is 14.4 Å². The maximum atomic E-state index is 12.5. The molecule has 10 heteroatoms. The van der Waals surface area contributed by atoms with E-state index in [1.54, 1.807) is 48.0 Å². The lowest BCUT2D eigenvalue weighted by Gasteiger charge is -2.11. The molecule has 1 aliphatic rings. The van der Waals surface area contributed by atoms with Gasteiger partial charge in [-0.05, 0) is 56.2 Å². The number of aromatic nitrogens is 3. The number of ether oxygens (including phenoxy) is 1. The highest BCUT2D eigenvalue weighted by Gasteiger charge is 2.18. The van der Waals surface area contributed by atoms with E-state index in [1.165, 1.54) is 0 Å². The minimum absolute atomic E-state index is 0.0892. The van der Waals surface area contributed by atoms with E-state index in [-0.39, 0.29) is 18.6 Å². The zero-order valence-corrected chi connectivity index (χ0v) is 19.0. The summed E-state index contributed by atoms with van der Waals surface area (Å²) in [6.45, 7) is 2.73. The van der Waals surface area contributed by atoms with Crippen molar-refractivity contribution in [1.29, 1.82) is 0 Å². The molecule has 0 unspecified atom stereocenters. The van der Waals surface area contributed by atoms with Gasteiger partial charge < -0.3 is 20.7 Å². The van der Waals surface area contributed by atoms with Gasteiger partial charge in [0.2, 0.25) is 0 Å². The van der Waals surface area contributed by atoms with Crippen molar-refractivity contribution in [2.24, 2.45) is 0 Å². The predicted molar refractivity (Wildman–Crippen MR) is 127 cm³/mol. The highest BCUT2D eigenvalue weighted by atomic mass is 16.5. The average Bonchev–Trinajstić information content (AvgIpc) is 3.49. The summed E-state index contributed by atoms with van der Waals surface area (Å²) in [5.74, 6) is -0.530. The Morgan fingerprint density at radius 2 is 1.91 bits per heavy atom. The molecule has 2 aromatic carbocycles. The van der Waals surface area contributed by atoms with Gasteiger partial charge in [0.25, 0.3) is 5.91 Å². The second-order valence-corrected chi connectivity index (χ2v) is 8.15. The van der Waals surface area contributed by atoms with Crippen molar-refractivity contribution < 1.29 is 19.1 Å². The van der Waals surface area contributed by atoms with Crippen molar-refractivity contribution in [2.75, 3.05) is 18.5 Å². The Morgan fingerprint density at radius 3 is 2.71 bits per heavy atom. The number of urea groups is 1. The number of carbonyl (C=O) groups excluding carboxylic acids is 3. The van der Waals surface area contributed by atoms with Crippen molar-refractivity contribution in [3.63, 3.8) is 0 Å². The largest absolute Gasteiger partial charge is 0.462 e. The molecule has 34 heavy (non-hydrogen) atoms. The van der Waals surface area contributed by atoms with Gasteiger partial charge in [-0.25, -0.2) is 14.3 Å². The molecular weight excluding hydrogens is 436 g/mol. The van der Waals surface area contributed by atoms with E-state index in [4.69, 9.17) is 4.74 Å². The summed E-state index contributed by atoms with van der Waals surface area (Å²) >= 11 is 0. The Kier molecular flexibility index (Phi) is 7.36. The highest BCUT2D eigenvalue weighted by Crippen LogP contribution is 2.19. The molecule has 0 aliphatic heterocycles. The number of fused-ring (bicyclic) bond motifs is 1. The normalized spacial score (nSPS) is 13.6. The molecule has 10 nitrogen and oxygen atoms in total. The first-order chi connectivity index (χ1) is 16.5. The van der Waals surface area contributed by atoms with Crippen LogP contribution >= 0.6 is 0 Å². The van der Waals surface area contributed by atoms with Crippen molar-refractivity contribution in [2.45, 2.75) is 45.2 Å². The Bertz CT molecular complexity index is 1190. The molecular formula is C24H28N6O4. The van der Waals surface area contributed by atoms with Gasteiger partial charge >= 0.3 is 12.0 Å². The zero-order valence-electron chi connectivity index (χ0n) is 19.0. The average molecular weight is 465 g/mol. The first kappa shape index (κ1) is 23.2. The van der Waals surface area contributed by atoms with Crippen LogP contribution in [0.25, 0.3) is 11.0 Å². The molecule has 0 atom stereocenters. The summed E-state index contributed by atoms with van der Waals surface area (Å²) in [5.41, 5.74) is 2.82. The molecule has 0 spiro atoms. The lowest BCUT2D eigenvalue weighted by molar-refractivity contribution is 0.0526. The molecule has 1 aromatic heterocycles. The summed E-state index contributed by atoms with van der Waals surface area (Å²) in [7, 11) is 0. The lowest BCUT2D eigenvalue weighted by atomic mass is 10.1. The van der Waals surface area contributed by atoms with Crippen LogP contribution in [0.2, 0.25) is 0 Å². The van der Waals surface area contributed by atoms with Crippen molar-refractivity contribution in [3.8, 4) is 0 Å². The van der Waals surface area contributed by atoms with Crippen LogP contribution in [0.5, 0.6) is 0 Å². The fourth-order valence-corrected chi connectivity index (χ4v) is 4.01. The first-order valence-electron chi connectivity index (χ1n) is 11.5. The summed E-state index contributed by atoms with van der Waals surface area (Å²) < 4.78 is 6.65. The number of esters is 1. The molecule has 1 heterocycles. The van der Waals surface area contributed by atoms with Crippen molar-refractivity contribution >= 4 is 34.6 Å². The third kappa shape index (κ3) is 5.69. The molecule has 1 aliphatic carbocycles. The number of nitrogens with one attached hydrogen (secondary N) is 3. The van der Waals surface area contributed by atoms with Gasteiger partial charge in [-0.1, -0.05) is 24.1 Å². The molecule has 0 bridgehead atoms. The zero-order chi connectivity index (χ0) is 23.9. The number of anilines is 1. The Morgan fingerprint density at radius 1 is 1.09 bits per heavy atom. The molecule has 1 fully saturated rings. The molecule has 3 N–H and O–H groups in total. The topological polar surface area (TPSA) is 127 Å². The van der Waals surface area contributed by atoms with Crippen LogP contribution in [0.3, 0.4) is 0 Å². The van der Waals surface area contributed by atoms with Crippen molar-refractivity contribution in [3.05, 3.63) is 53.6 Å². The SMILES string of the molecule is CCOC(=O)c1cccc(NC(=O)NCCn2nnc3cc(C(=O)NC4CCCC4)ccc32)c1. The van der Waals surface area contributed by atoms with Crippen LogP contribution in [0.4, 0.5) is 10.5 Å². The van der Waals surface area contributed by atoms with Crippen LogP contribution < -0.4 is 16.0 Å². The van der Waals surface area contributed by atoms with Gasteiger partial charge in [-0.3, -0.25) is 4.79 Å². The van der Waals surface area contributed by atoms with Crippen LogP contribution in [-0.4, -0.2) is 52.1 Å². The van der Waals surface area contributed by atoms with E-state index in [0.717, 1.165) is 31.2 Å². The summed E-state index contributed by atoms with van der Waals surface area (Å²) in [6, 6.07) is 11.7. The third-order valence-corrected chi connectivity index (χ3v) is 5.71. The Hall–Kier alpha value is -3.95. The number of amides is 3. The van der Waals surface area contributed by atoms with Crippen LogP contribution in [0.15, 0.2) is 42.5 Å². The van der Waals surface area contributed by atoms with Gasteiger partial charge in [0.1, 0.15) is 5.52 Å². The molecule has 0 saturated heterocycles. The number of nitrogens with zero attached hydrogens (tertiary/aromatic N) is 3. The second kappa shape index (κ2) is 10.8. The molecule has 3 aromatic rings. The molecule has 3 amide bonds. The second-order valence-electron chi connectivity index (χ2n) is 8.15. The highest BCUT2D eigenvalue weighted by molar-refractivity contribution is 5.97. The maximum absolute atomic E-state index is 12.5. The Balaban J connectivity index is 1.29. The van der Waals surface area contributed by atoms with Gasteiger partial charge in [0.05, 0.1) is 24.2 Å². The van der Waals surface area contributed by atoms with E-state index in [0.29, 0.717) is 35.4 Å². The van der Waals surface area contributed by atoms with E-state index < -0.39 is 12.0 Å². The van der Waals surface area contributed by atoms with Gasteiger partial charge in [0, 0.05) is 23.8 Å². The number of carbonyl (C=O) groups is 3. The van der Waals surface area contributed by atoms with Gasteiger partial charge in [0.15, 0.2) is 0 Å². The fraction of sp³-hybridized carbons (Fsp3) is 0.375. The van der Waals surface area contributed by atoms with Gasteiger partial charge in [-0.2, -0.15) is 0 Å². The number of benzene rings is 2. The third-order valence-electron chi connectivity index (χ3n) is 5.71. The fourth-order valence-electron chi connectivity index (χ4n) is 4.01. The summed E-state index contributed by atoms with van der Waals surface area (Å²) in [5, 5.41) is 16.8. The van der Waals surface area contributed by atoms with Crippen LogP contribution in [-0.2, 0) is 11.3 Å². The van der Waals surface area contributed by atoms with Crippen LogP contribution in [0.1, 0.15) is 53.3 Å². The molecule has 0 radical (unpaired) electrons. The number of hydrogen-bond acceptors (Lipinski definition) is 6. The number of hydrogen-bond donors (Lipinski definition) is 3. The molecule has 178 valence electrons. The van der Waals surface area contributed by atoms with E-state index >= 15 is 0 Å². The van der Waals surface area contributed by atoms with Crippen LogP contribution in [0, 0.1) is 0 Å². The minimum Gasteiger partial charge on any atom is -0.462 e. The minimum atomic E-state index is -0.441. The summed E-state index contributed by atoms with van der Waals surface area (Å²) in [6.07, 6.45) is 4.37. The smallest absolute Gasteiger partial charge is 0.338 e.